The summed E-state index contributed by atoms with van der Waals surface area (Å²) < 4.78 is 24.6. The van der Waals surface area contributed by atoms with Crippen molar-refractivity contribution in [3.63, 3.8) is 0 Å². The highest BCUT2D eigenvalue weighted by atomic mass is 19.3. The molecule has 0 saturated carbocycles. The number of likely N-dealkylation sites (N-methyl/N-ethyl adjacent to an activating group) is 1. The Labute approximate surface area is 121 Å². The minimum Gasteiger partial charge on any atom is -0.383 e. The minimum absolute atomic E-state index is 0.154. The second-order valence-electron chi connectivity index (χ2n) is 4.31. The molecule has 0 aliphatic rings. The number of nitro benzene ring substituents is 1. The number of non-ortho nitro benzene ring substituents is 1. The van der Waals surface area contributed by atoms with Crippen LogP contribution in [0, 0.1) is 21.4 Å². The molecule has 0 aliphatic carbocycles. The molecule has 8 heteroatoms. The summed E-state index contributed by atoms with van der Waals surface area (Å²) >= 11 is 0. The Balaban J connectivity index is 2.63. The van der Waals surface area contributed by atoms with Crippen LogP contribution in [0.3, 0.4) is 0 Å². The van der Waals surface area contributed by atoms with E-state index >= 15 is 0 Å². The second kappa shape index (κ2) is 8.11. The van der Waals surface area contributed by atoms with Crippen molar-refractivity contribution >= 4 is 11.4 Å². The van der Waals surface area contributed by atoms with Crippen molar-refractivity contribution < 1.29 is 13.7 Å². The topological polar surface area (TPSA) is 82.2 Å². The van der Waals surface area contributed by atoms with E-state index in [0.717, 1.165) is 0 Å². The van der Waals surface area contributed by atoms with E-state index in [9.17, 15) is 18.9 Å². The van der Waals surface area contributed by atoms with Crippen LogP contribution in [0.1, 0.15) is 12.5 Å². The van der Waals surface area contributed by atoms with Gasteiger partial charge in [0, 0.05) is 25.2 Å². The normalized spacial score (nSPS) is 10.7. The van der Waals surface area contributed by atoms with Crippen molar-refractivity contribution in [2.24, 2.45) is 0 Å². The molecule has 0 amide bonds. The van der Waals surface area contributed by atoms with Crippen molar-refractivity contribution in [3.05, 3.63) is 33.9 Å². The fourth-order valence-corrected chi connectivity index (χ4v) is 1.81. The predicted octanol–water partition coefficient (Wildman–Crippen LogP) is 2.47. The number of halogens is 2. The number of anilines is 1. The van der Waals surface area contributed by atoms with Crippen LogP contribution >= 0.6 is 0 Å². The largest absolute Gasteiger partial charge is 0.383 e. The number of hydrogen-bond donors (Lipinski definition) is 1. The Bertz CT molecular complexity index is 531. The van der Waals surface area contributed by atoms with E-state index in [-0.39, 0.29) is 17.8 Å². The first-order chi connectivity index (χ1) is 9.97. The van der Waals surface area contributed by atoms with Crippen molar-refractivity contribution in [1.82, 2.24) is 4.90 Å². The van der Waals surface area contributed by atoms with Crippen LogP contribution < -0.4 is 5.32 Å². The Morgan fingerprint density at radius 3 is 2.76 bits per heavy atom. The summed E-state index contributed by atoms with van der Waals surface area (Å²) in [6, 6.07) is 5.79. The first kappa shape index (κ1) is 16.8. The van der Waals surface area contributed by atoms with Gasteiger partial charge in [-0.3, -0.25) is 15.0 Å². The van der Waals surface area contributed by atoms with E-state index in [0.29, 0.717) is 25.3 Å². The zero-order valence-electron chi connectivity index (χ0n) is 11.6. The molecule has 1 N–H and O–H groups in total. The fraction of sp³-hybridized carbons (Fsp3) is 0.462. The highest BCUT2D eigenvalue weighted by Crippen LogP contribution is 2.21. The van der Waals surface area contributed by atoms with Gasteiger partial charge in [0.25, 0.3) is 12.1 Å². The highest BCUT2D eigenvalue weighted by molar-refractivity contribution is 5.61. The number of rotatable bonds is 8. The molecular formula is C13H16F2N4O2. The third kappa shape index (κ3) is 5.31. The lowest BCUT2D eigenvalue weighted by molar-refractivity contribution is -0.384. The van der Waals surface area contributed by atoms with Gasteiger partial charge >= 0.3 is 0 Å². The molecule has 6 nitrogen and oxygen atoms in total. The molecule has 1 aromatic carbocycles. The van der Waals surface area contributed by atoms with E-state index in [1.165, 1.54) is 18.2 Å². The van der Waals surface area contributed by atoms with Gasteiger partial charge in [-0.2, -0.15) is 5.26 Å². The van der Waals surface area contributed by atoms with Crippen LogP contribution in [0.15, 0.2) is 18.2 Å². The summed E-state index contributed by atoms with van der Waals surface area (Å²) in [5, 5.41) is 22.5. The van der Waals surface area contributed by atoms with E-state index in [1.54, 1.807) is 11.8 Å². The van der Waals surface area contributed by atoms with Crippen LogP contribution in [-0.2, 0) is 0 Å². The smallest absolute Gasteiger partial charge is 0.270 e. The third-order valence-corrected chi connectivity index (χ3v) is 2.92. The monoisotopic (exact) mass is 298 g/mol. The van der Waals surface area contributed by atoms with Crippen LogP contribution in [0.2, 0.25) is 0 Å². The van der Waals surface area contributed by atoms with Crippen LogP contribution in [-0.4, -0.2) is 42.4 Å². The van der Waals surface area contributed by atoms with Crippen molar-refractivity contribution in [2.45, 2.75) is 13.3 Å². The highest BCUT2D eigenvalue weighted by Gasteiger charge is 2.12. The molecule has 0 spiro atoms. The molecule has 1 rings (SSSR count). The lowest BCUT2D eigenvalue weighted by Crippen LogP contribution is -2.33. The van der Waals surface area contributed by atoms with Crippen LogP contribution in [0.25, 0.3) is 0 Å². The summed E-state index contributed by atoms with van der Waals surface area (Å²) in [5.74, 6) is 0. The molecule has 21 heavy (non-hydrogen) atoms. The average molecular weight is 298 g/mol. The van der Waals surface area contributed by atoms with Crippen molar-refractivity contribution in [2.75, 3.05) is 31.5 Å². The first-order valence-corrected chi connectivity index (χ1v) is 6.40. The van der Waals surface area contributed by atoms with E-state index in [2.05, 4.69) is 5.32 Å². The second-order valence-corrected chi connectivity index (χ2v) is 4.31. The van der Waals surface area contributed by atoms with Crippen LogP contribution in [0.4, 0.5) is 20.2 Å². The quantitative estimate of drug-likeness (QED) is 0.589. The molecule has 0 radical (unpaired) electrons. The molecule has 0 aliphatic heterocycles. The molecule has 1 aromatic rings. The first-order valence-electron chi connectivity index (χ1n) is 6.40. The fourth-order valence-electron chi connectivity index (χ4n) is 1.81. The lowest BCUT2D eigenvalue weighted by atomic mass is 10.1. The van der Waals surface area contributed by atoms with Gasteiger partial charge in [-0.1, -0.05) is 6.92 Å². The lowest BCUT2D eigenvalue weighted by Gasteiger charge is -2.20. The van der Waals surface area contributed by atoms with E-state index in [1.807, 2.05) is 6.07 Å². The summed E-state index contributed by atoms with van der Waals surface area (Å²) in [5.41, 5.74) is 0.447. The number of alkyl halides is 2. The zero-order chi connectivity index (χ0) is 15.8. The van der Waals surface area contributed by atoms with Gasteiger partial charge in [0.1, 0.15) is 6.07 Å². The predicted molar refractivity (Wildman–Crippen MR) is 74.4 cm³/mol. The molecule has 114 valence electrons. The molecule has 0 aromatic heterocycles. The molecule has 0 unspecified atom stereocenters. The third-order valence-electron chi connectivity index (χ3n) is 2.92. The number of nitrogens with one attached hydrogen (secondary N) is 1. The number of hydrogen-bond acceptors (Lipinski definition) is 5. The molecule has 0 bridgehead atoms. The molecule has 0 atom stereocenters. The maximum Gasteiger partial charge on any atom is 0.270 e. The summed E-state index contributed by atoms with van der Waals surface area (Å²) in [6.45, 7) is 2.74. The summed E-state index contributed by atoms with van der Waals surface area (Å²) in [4.78, 5) is 11.6. The summed E-state index contributed by atoms with van der Waals surface area (Å²) in [6.07, 6.45) is -2.39. The number of nitro groups is 1. The SMILES string of the molecule is CCN(CCNc1ccc([N+](=O)[O-])cc1C#N)CC(F)F. The van der Waals surface area contributed by atoms with Crippen LogP contribution in [0.5, 0.6) is 0 Å². The molecule has 0 saturated heterocycles. The van der Waals surface area contributed by atoms with Gasteiger partial charge in [-0.15, -0.1) is 0 Å². The Morgan fingerprint density at radius 2 is 2.24 bits per heavy atom. The number of nitriles is 1. The molecule has 0 fully saturated rings. The Kier molecular flexibility index (Phi) is 6.49. The maximum absolute atomic E-state index is 12.3. The van der Waals surface area contributed by atoms with Gasteiger partial charge < -0.3 is 5.32 Å². The number of benzene rings is 1. The zero-order valence-corrected chi connectivity index (χ0v) is 11.6. The minimum atomic E-state index is -2.39. The maximum atomic E-state index is 12.3. The van der Waals surface area contributed by atoms with E-state index < -0.39 is 11.3 Å². The van der Waals surface area contributed by atoms with E-state index in [4.69, 9.17) is 5.26 Å². The van der Waals surface area contributed by atoms with Gasteiger partial charge in [-0.05, 0) is 12.6 Å². The Morgan fingerprint density at radius 1 is 1.52 bits per heavy atom. The van der Waals surface area contributed by atoms with Gasteiger partial charge in [0.05, 0.1) is 22.7 Å². The Hall–Kier alpha value is -2.27. The molecule has 0 heterocycles. The number of nitrogens with zero attached hydrogens (tertiary/aromatic N) is 3. The van der Waals surface area contributed by atoms with Crippen molar-refractivity contribution in [3.8, 4) is 6.07 Å². The van der Waals surface area contributed by atoms with Gasteiger partial charge in [0.15, 0.2) is 0 Å². The van der Waals surface area contributed by atoms with Gasteiger partial charge in [0.2, 0.25) is 0 Å². The molecular weight excluding hydrogens is 282 g/mol. The summed E-state index contributed by atoms with van der Waals surface area (Å²) in [7, 11) is 0. The average Bonchev–Trinajstić information content (AvgIpc) is 2.45. The van der Waals surface area contributed by atoms with Gasteiger partial charge in [-0.25, -0.2) is 8.78 Å². The standard InChI is InChI=1S/C13H16F2N4O2/c1-2-18(9-13(14)15)6-5-17-12-4-3-11(19(20)21)7-10(12)8-16/h3-4,7,13,17H,2,5-6,9H2,1H3. The van der Waals surface area contributed by atoms with Crippen molar-refractivity contribution in [1.29, 1.82) is 5.26 Å².